The number of anilines is 1. The molecule has 1 heterocycles. The molecule has 5 heteroatoms. The first-order valence-electron chi connectivity index (χ1n) is 9.18. The normalized spacial score (nSPS) is 14.9. The number of nitrogens with one attached hydrogen (secondary N) is 1. The van der Waals surface area contributed by atoms with Gasteiger partial charge in [-0.05, 0) is 25.3 Å². The topological polar surface area (TPSA) is 58.1 Å². The van der Waals surface area contributed by atoms with E-state index in [4.69, 9.17) is 0 Å². The number of hydrogen-bond donors (Lipinski definition) is 1. The average Bonchev–Trinajstić information content (AvgIpc) is 2.68. The zero-order valence-corrected chi connectivity index (χ0v) is 14.8. The van der Waals surface area contributed by atoms with Crippen molar-refractivity contribution in [3.63, 3.8) is 0 Å². The highest BCUT2D eigenvalue weighted by molar-refractivity contribution is 5.92. The van der Waals surface area contributed by atoms with Crippen molar-refractivity contribution in [1.29, 1.82) is 0 Å². The number of carbonyl (C=O) groups excluding carboxylic acids is 1. The number of carbonyl (C=O) groups is 1. The molecule has 1 fully saturated rings. The summed E-state index contributed by atoms with van der Waals surface area (Å²) in [6.45, 7) is 3.20. The van der Waals surface area contributed by atoms with Gasteiger partial charge in [-0.15, -0.1) is 0 Å². The number of aromatic nitrogens is 2. The lowest BCUT2D eigenvalue weighted by Gasteiger charge is -2.23. The Balaban J connectivity index is 1.62. The van der Waals surface area contributed by atoms with Crippen molar-refractivity contribution in [2.45, 2.75) is 51.6 Å². The Labute approximate surface area is 149 Å². The van der Waals surface area contributed by atoms with Crippen molar-refractivity contribution < 1.29 is 4.79 Å². The molecule has 0 spiro atoms. The molecule has 1 N–H and O–H groups in total. The lowest BCUT2D eigenvalue weighted by Crippen LogP contribution is -2.31. The standard InChI is InChI=1S/C20H26N4O/c1-2-24(15-16-9-5-3-6-10-16)20(25)18-13-22-19(14-21-18)23-17-11-7-4-8-12-17/h3,5-6,9-10,13-14,17H,2,4,7-8,11-12,15H2,1H3,(H,22,23). The number of hydrogen-bond acceptors (Lipinski definition) is 4. The maximum absolute atomic E-state index is 12.7. The summed E-state index contributed by atoms with van der Waals surface area (Å²) in [5.74, 6) is 0.678. The summed E-state index contributed by atoms with van der Waals surface area (Å²) in [6, 6.07) is 10.5. The lowest BCUT2D eigenvalue weighted by atomic mass is 9.96. The van der Waals surface area contributed by atoms with Crippen LogP contribution in [0.1, 0.15) is 55.1 Å². The van der Waals surface area contributed by atoms with Crippen molar-refractivity contribution in [1.82, 2.24) is 14.9 Å². The van der Waals surface area contributed by atoms with Gasteiger partial charge in [0.15, 0.2) is 0 Å². The highest BCUT2D eigenvalue weighted by Gasteiger charge is 2.17. The average molecular weight is 338 g/mol. The van der Waals surface area contributed by atoms with Crippen LogP contribution in [0.2, 0.25) is 0 Å². The molecule has 1 saturated carbocycles. The van der Waals surface area contributed by atoms with Gasteiger partial charge in [-0.2, -0.15) is 0 Å². The van der Waals surface area contributed by atoms with E-state index in [9.17, 15) is 4.79 Å². The van der Waals surface area contributed by atoms with Gasteiger partial charge in [0, 0.05) is 19.1 Å². The molecule has 132 valence electrons. The third-order valence-electron chi connectivity index (χ3n) is 4.71. The van der Waals surface area contributed by atoms with Gasteiger partial charge >= 0.3 is 0 Å². The molecule has 5 nitrogen and oxygen atoms in total. The van der Waals surface area contributed by atoms with E-state index in [1.165, 1.54) is 32.1 Å². The minimum absolute atomic E-state index is 0.0805. The van der Waals surface area contributed by atoms with Crippen LogP contribution < -0.4 is 5.32 Å². The molecule has 0 atom stereocenters. The molecule has 25 heavy (non-hydrogen) atoms. The van der Waals surface area contributed by atoms with Crippen molar-refractivity contribution in [2.75, 3.05) is 11.9 Å². The van der Waals surface area contributed by atoms with E-state index in [0.29, 0.717) is 24.8 Å². The molecule has 0 aliphatic heterocycles. The van der Waals surface area contributed by atoms with E-state index in [1.54, 1.807) is 17.3 Å². The third kappa shape index (κ3) is 4.78. The summed E-state index contributed by atoms with van der Waals surface area (Å²) < 4.78 is 0. The van der Waals surface area contributed by atoms with Gasteiger partial charge in [-0.3, -0.25) is 4.79 Å². The van der Waals surface area contributed by atoms with Crippen LogP contribution in [0.3, 0.4) is 0 Å². The molecule has 1 aliphatic carbocycles. The smallest absolute Gasteiger partial charge is 0.274 e. The second-order valence-corrected chi connectivity index (χ2v) is 6.57. The van der Waals surface area contributed by atoms with Gasteiger partial charge in [-0.25, -0.2) is 9.97 Å². The molecule has 1 aromatic heterocycles. The summed E-state index contributed by atoms with van der Waals surface area (Å²) in [4.78, 5) is 23.2. The highest BCUT2D eigenvalue weighted by atomic mass is 16.2. The summed E-state index contributed by atoms with van der Waals surface area (Å²) in [5, 5.41) is 3.43. The second-order valence-electron chi connectivity index (χ2n) is 6.57. The maximum atomic E-state index is 12.7. The fourth-order valence-corrected chi connectivity index (χ4v) is 3.26. The fourth-order valence-electron chi connectivity index (χ4n) is 3.26. The van der Waals surface area contributed by atoms with E-state index < -0.39 is 0 Å². The van der Waals surface area contributed by atoms with Crippen LogP contribution in [0.25, 0.3) is 0 Å². The highest BCUT2D eigenvalue weighted by Crippen LogP contribution is 2.20. The molecule has 3 rings (SSSR count). The second kappa shape index (κ2) is 8.60. The quantitative estimate of drug-likeness (QED) is 0.868. The first-order valence-corrected chi connectivity index (χ1v) is 9.18. The number of nitrogens with zero attached hydrogens (tertiary/aromatic N) is 3. The fraction of sp³-hybridized carbons (Fsp3) is 0.450. The number of benzene rings is 1. The molecular weight excluding hydrogens is 312 g/mol. The van der Waals surface area contributed by atoms with Gasteiger partial charge in [0.2, 0.25) is 0 Å². The number of rotatable bonds is 6. The Hall–Kier alpha value is -2.43. The van der Waals surface area contributed by atoms with Gasteiger partial charge in [0.05, 0.1) is 12.4 Å². The first kappa shape index (κ1) is 17.4. The molecular formula is C20H26N4O. The van der Waals surface area contributed by atoms with Gasteiger partial charge < -0.3 is 10.2 Å². The Morgan fingerprint density at radius 1 is 1.12 bits per heavy atom. The van der Waals surface area contributed by atoms with E-state index in [0.717, 1.165) is 11.4 Å². The number of amides is 1. The Kier molecular flexibility index (Phi) is 5.99. The summed E-state index contributed by atoms with van der Waals surface area (Å²) in [6.07, 6.45) is 9.50. The van der Waals surface area contributed by atoms with Crippen molar-refractivity contribution in [2.24, 2.45) is 0 Å². The van der Waals surface area contributed by atoms with E-state index in [1.807, 2.05) is 37.3 Å². The Morgan fingerprint density at radius 3 is 2.52 bits per heavy atom. The molecule has 0 radical (unpaired) electrons. The third-order valence-corrected chi connectivity index (χ3v) is 4.71. The van der Waals surface area contributed by atoms with Crippen LogP contribution >= 0.6 is 0 Å². The monoisotopic (exact) mass is 338 g/mol. The molecule has 1 amide bonds. The SMILES string of the molecule is CCN(Cc1ccccc1)C(=O)c1cnc(NC2CCCCC2)cn1. The lowest BCUT2D eigenvalue weighted by molar-refractivity contribution is 0.0746. The van der Waals surface area contributed by atoms with Gasteiger partial charge in [-0.1, -0.05) is 49.6 Å². The van der Waals surface area contributed by atoms with Crippen molar-refractivity contribution >= 4 is 11.7 Å². The zero-order chi connectivity index (χ0) is 17.5. The molecule has 1 aliphatic rings. The van der Waals surface area contributed by atoms with E-state index in [-0.39, 0.29) is 5.91 Å². The first-order chi connectivity index (χ1) is 12.3. The molecule has 0 saturated heterocycles. The van der Waals surface area contributed by atoms with Crippen molar-refractivity contribution in [3.05, 3.63) is 54.0 Å². The van der Waals surface area contributed by atoms with Crippen LogP contribution in [-0.2, 0) is 6.54 Å². The molecule has 2 aromatic rings. The van der Waals surface area contributed by atoms with E-state index in [2.05, 4.69) is 15.3 Å². The molecule has 0 bridgehead atoms. The predicted octanol–water partition coefficient (Wildman–Crippen LogP) is 3.88. The minimum atomic E-state index is -0.0805. The van der Waals surface area contributed by atoms with Gasteiger partial charge in [0.25, 0.3) is 5.91 Å². The summed E-state index contributed by atoms with van der Waals surface area (Å²) in [7, 11) is 0. The minimum Gasteiger partial charge on any atom is -0.366 e. The van der Waals surface area contributed by atoms with Crippen LogP contribution in [0.5, 0.6) is 0 Å². The van der Waals surface area contributed by atoms with Gasteiger partial charge in [0.1, 0.15) is 11.5 Å². The van der Waals surface area contributed by atoms with Crippen LogP contribution in [-0.4, -0.2) is 33.4 Å². The van der Waals surface area contributed by atoms with Crippen molar-refractivity contribution in [3.8, 4) is 0 Å². The summed E-state index contributed by atoms with van der Waals surface area (Å²) >= 11 is 0. The van der Waals surface area contributed by atoms with E-state index >= 15 is 0 Å². The Bertz CT molecular complexity index is 666. The molecule has 1 aromatic carbocycles. The van der Waals surface area contributed by atoms with Crippen LogP contribution in [0.4, 0.5) is 5.82 Å². The Morgan fingerprint density at radius 2 is 1.88 bits per heavy atom. The molecule has 0 unspecified atom stereocenters. The largest absolute Gasteiger partial charge is 0.366 e. The zero-order valence-electron chi connectivity index (χ0n) is 14.8. The predicted molar refractivity (Wildman–Crippen MR) is 99.4 cm³/mol. The van der Waals surface area contributed by atoms with Crippen LogP contribution in [0.15, 0.2) is 42.7 Å². The summed E-state index contributed by atoms with van der Waals surface area (Å²) in [5.41, 5.74) is 1.51. The van der Waals surface area contributed by atoms with Crippen LogP contribution in [0, 0.1) is 0 Å². The maximum Gasteiger partial charge on any atom is 0.274 e.